The van der Waals surface area contributed by atoms with Gasteiger partial charge in [0, 0.05) is 63.6 Å². The number of pyridine rings is 1. The van der Waals surface area contributed by atoms with Gasteiger partial charge >= 0.3 is 6.18 Å². The van der Waals surface area contributed by atoms with E-state index in [1.54, 1.807) is 0 Å². The van der Waals surface area contributed by atoms with Crippen LogP contribution in [0.25, 0.3) is 0 Å². The third kappa shape index (κ3) is 6.37. The number of nitrogens with zero attached hydrogens (tertiary/aromatic N) is 4. The molecule has 3 aliphatic rings. The van der Waals surface area contributed by atoms with Gasteiger partial charge in [-0.3, -0.25) is 4.79 Å². The van der Waals surface area contributed by atoms with Crippen molar-refractivity contribution in [2.75, 3.05) is 56.0 Å². The summed E-state index contributed by atoms with van der Waals surface area (Å²) in [6.45, 7) is 8.91. The van der Waals surface area contributed by atoms with Gasteiger partial charge in [-0.2, -0.15) is 13.2 Å². The van der Waals surface area contributed by atoms with E-state index in [2.05, 4.69) is 51.3 Å². The number of carbonyl (C=O) groups excluding carboxylic acids is 1. The van der Waals surface area contributed by atoms with Crippen LogP contribution >= 0.6 is 0 Å². The molecular formula is C28H36F3N5O. The summed E-state index contributed by atoms with van der Waals surface area (Å²) < 4.78 is 38.1. The van der Waals surface area contributed by atoms with Gasteiger partial charge < -0.3 is 20.0 Å². The number of piperidine rings is 1. The third-order valence-corrected chi connectivity index (χ3v) is 8.12. The van der Waals surface area contributed by atoms with E-state index in [-0.39, 0.29) is 11.9 Å². The van der Waals surface area contributed by atoms with E-state index in [1.807, 2.05) is 4.90 Å². The van der Waals surface area contributed by atoms with E-state index in [4.69, 9.17) is 0 Å². The third-order valence-electron chi connectivity index (χ3n) is 8.12. The van der Waals surface area contributed by atoms with Crippen LogP contribution in [0.1, 0.15) is 36.8 Å². The number of nitrogens with one attached hydrogen (secondary N) is 1. The van der Waals surface area contributed by atoms with E-state index >= 15 is 0 Å². The van der Waals surface area contributed by atoms with Gasteiger partial charge in [-0.15, -0.1) is 0 Å². The quantitative estimate of drug-likeness (QED) is 0.582. The number of aromatic nitrogens is 1. The summed E-state index contributed by atoms with van der Waals surface area (Å²) in [5.41, 5.74) is 1.87. The van der Waals surface area contributed by atoms with Crippen molar-refractivity contribution in [2.24, 2.45) is 11.8 Å². The molecule has 0 radical (unpaired) electrons. The zero-order chi connectivity index (χ0) is 26.0. The molecule has 0 saturated carbocycles. The maximum absolute atomic E-state index is 12.7. The van der Waals surface area contributed by atoms with Crippen molar-refractivity contribution in [3.8, 4) is 0 Å². The lowest BCUT2D eigenvalue weighted by atomic mass is 10.0. The fourth-order valence-corrected chi connectivity index (χ4v) is 5.98. The molecule has 6 nitrogen and oxygen atoms in total. The number of halogens is 3. The Morgan fingerprint density at radius 3 is 2.27 bits per heavy atom. The molecule has 3 fully saturated rings. The number of hydrogen-bond donors (Lipinski definition) is 1. The van der Waals surface area contributed by atoms with Crippen molar-refractivity contribution in [3.05, 3.63) is 53.7 Å². The van der Waals surface area contributed by atoms with E-state index in [0.29, 0.717) is 37.2 Å². The molecule has 1 aromatic carbocycles. The molecule has 2 atom stereocenters. The smallest absolute Gasteiger partial charge is 0.371 e. The first-order valence-electron chi connectivity index (χ1n) is 13.4. The van der Waals surface area contributed by atoms with Gasteiger partial charge in [0.05, 0.1) is 5.56 Å². The molecule has 3 aliphatic heterocycles. The first-order chi connectivity index (χ1) is 17.7. The maximum Gasteiger partial charge on any atom is 0.417 e. The van der Waals surface area contributed by atoms with Crippen LogP contribution in [0, 0.1) is 18.8 Å². The Labute approximate surface area is 216 Å². The summed E-state index contributed by atoms with van der Waals surface area (Å²) in [6, 6.07) is 11.3. The number of amides is 1. The number of rotatable bonds is 7. The fourth-order valence-electron chi connectivity index (χ4n) is 5.98. The molecule has 9 heteroatoms. The van der Waals surface area contributed by atoms with Crippen molar-refractivity contribution < 1.29 is 18.0 Å². The van der Waals surface area contributed by atoms with Gasteiger partial charge in [-0.05, 0) is 68.8 Å². The van der Waals surface area contributed by atoms with Crippen LogP contribution in [0.15, 0.2) is 42.6 Å². The van der Waals surface area contributed by atoms with Gasteiger partial charge in [-0.25, -0.2) is 4.98 Å². The molecule has 1 N–H and O–H groups in total. The normalized spacial score (nSPS) is 22.9. The summed E-state index contributed by atoms with van der Waals surface area (Å²) >= 11 is 0. The summed E-state index contributed by atoms with van der Waals surface area (Å²) in [6.07, 6.45) is -0.543. The summed E-state index contributed by atoms with van der Waals surface area (Å²) in [4.78, 5) is 23.6. The van der Waals surface area contributed by atoms with E-state index < -0.39 is 11.7 Å². The fraction of sp³-hybridized carbons (Fsp3) is 0.571. The minimum Gasteiger partial charge on any atom is -0.371 e. The average Bonchev–Trinajstić information content (AvgIpc) is 3.44. The van der Waals surface area contributed by atoms with Crippen LogP contribution in [0.3, 0.4) is 0 Å². The summed E-state index contributed by atoms with van der Waals surface area (Å²) in [7, 11) is 0. The molecular weight excluding hydrogens is 479 g/mol. The topological polar surface area (TPSA) is 51.7 Å². The molecule has 1 amide bonds. The lowest BCUT2D eigenvalue weighted by Crippen LogP contribution is -2.42. The van der Waals surface area contributed by atoms with Crippen molar-refractivity contribution in [1.82, 2.24) is 14.8 Å². The van der Waals surface area contributed by atoms with Crippen molar-refractivity contribution in [2.45, 2.75) is 44.8 Å². The molecule has 2 unspecified atom stereocenters. The molecule has 0 spiro atoms. The second kappa shape index (κ2) is 10.9. The molecule has 0 aliphatic carbocycles. The number of anilines is 2. The maximum atomic E-state index is 12.7. The van der Waals surface area contributed by atoms with Crippen LogP contribution in [0.2, 0.25) is 0 Å². The molecule has 0 bridgehead atoms. The zero-order valence-corrected chi connectivity index (χ0v) is 21.4. The lowest BCUT2D eigenvalue weighted by Gasteiger charge is -2.33. The number of alkyl halides is 3. The first kappa shape index (κ1) is 25.8. The monoisotopic (exact) mass is 515 g/mol. The Bertz CT molecular complexity index is 1040. The molecule has 2 aromatic rings. The minimum absolute atomic E-state index is 0.108. The van der Waals surface area contributed by atoms with Crippen LogP contribution in [0.5, 0.6) is 0 Å². The first-order valence-corrected chi connectivity index (χ1v) is 13.4. The summed E-state index contributed by atoms with van der Waals surface area (Å²) in [5, 5.41) is 3.21. The zero-order valence-electron chi connectivity index (χ0n) is 21.4. The molecule has 5 rings (SSSR count). The molecule has 200 valence electrons. The SMILES string of the molecule is Cc1ccc(N2CC3CN(CCCC(=O)N4CCC(Nc5ccc(C(F)(F)F)cn5)CC4)CC3C2)cc1. The van der Waals surface area contributed by atoms with Crippen LogP contribution in [-0.2, 0) is 11.0 Å². The number of carbonyl (C=O) groups is 1. The van der Waals surface area contributed by atoms with E-state index in [0.717, 1.165) is 64.2 Å². The standard InChI is InChI=1S/C28H36F3N5O/c1-20-4-7-25(8-5-20)36-18-21-16-34(17-22(21)19-36)12-2-3-27(37)35-13-10-24(11-14-35)33-26-9-6-23(15-32-26)28(29,30)31/h4-9,15,21-22,24H,2-3,10-14,16-19H2,1H3,(H,32,33). The minimum atomic E-state index is -4.38. The molecule has 3 saturated heterocycles. The molecule has 1 aromatic heterocycles. The Morgan fingerprint density at radius 2 is 1.68 bits per heavy atom. The number of benzene rings is 1. The predicted molar refractivity (Wildman–Crippen MR) is 139 cm³/mol. The number of likely N-dealkylation sites (tertiary alicyclic amines) is 2. The highest BCUT2D eigenvalue weighted by Gasteiger charge is 2.39. The summed E-state index contributed by atoms with van der Waals surface area (Å²) in [5.74, 6) is 2.07. The van der Waals surface area contributed by atoms with Crippen molar-refractivity contribution in [3.63, 3.8) is 0 Å². The Kier molecular flexibility index (Phi) is 7.60. The van der Waals surface area contributed by atoms with Crippen LogP contribution < -0.4 is 10.2 Å². The number of hydrogen-bond acceptors (Lipinski definition) is 5. The number of fused-ring (bicyclic) bond motifs is 1. The van der Waals surface area contributed by atoms with Crippen molar-refractivity contribution in [1.29, 1.82) is 0 Å². The van der Waals surface area contributed by atoms with Gasteiger partial charge in [0.1, 0.15) is 5.82 Å². The highest BCUT2D eigenvalue weighted by Crippen LogP contribution is 2.34. The van der Waals surface area contributed by atoms with Crippen molar-refractivity contribution >= 4 is 17.4 Å². The van der Waals surface area contributed by atoms with Gasteiger partial charge in [0.15, 0.2) is 0 Å². The number of aryl methyl sites for hydroxylation is 1. The van der Waals surface area contributed by atoms with Gasteiger partial charge in [-0.1, -0.05) is 17.7 Å². The lowest BCUT2D eigenvalue weighted by molar-refractivity contribution is -0.137. The van der Waals surface area contributed by atoms with Crippen LogP contribution in [0.4, 0.5) is 24.7 Å². The average molecular weight is 516 g/mol. The molecule has 4 heterocycles. The van der Waals surface area contributed by atoms with Crippen LogP contribution in [-0.4, -0.2) is 72.5 Å². The second-order valence-corrected chi connectivity index (χ2v) is 10.9. The Balaban J connectivity index is 0.981. The Morgan fingerprint density at radius 1 is 1.00 bits per heavy atom. The second-order valence-electron chi connectivity index (χ2n) is 10.9. The predicted octanol–water partition coefficient (Wildman–Crippen LogP) is 4.66. The van der Waals surface area contributed by atoms with E-state index in [9.17, 15) is 18.0 Å². The van der Waals surface area contributed by atoms with E-state index in [1.165, 1.54) is 17.3 Å². The molecule has 37 heavy (non-hydrogen) atoms. The van der Waals surface area contributed by atoms with Gasteiger partial charge in [0.25, 0.3) is 0 Å². The van der Waals surface area contributed by atoms with Gasteiger partial charge in [0.2, 0.25) is 5.91 Å². The highest BCUT2D eigenvalue weighted by atomic mass is 19.4. The highest BCUT2D eigenvalue weighted by molar-refractivity contribution is 5.76. The Hall–Kier alpha value is -2.81. The largest absolute Gasteiger partial charge is 0.417 e.